The molecular formula is C14H8Cl3NO. The van der Waals surface area contributed by atoms with E-state index in [1.807, 2.05) is 13.0 Å². The largest absolute Gasteiger partial charge is 0.454 e. The standard InChI is InChI=1S/C14H8Cl3NO/c1-8-3-2-4-9(7-18)14(8)19-13-6-11(16)10(15)5-12(13)17/h2-6H,1H3. The van der Waals surface area contributed by atoms with E-state index in [9.17, 15) is 0 Å². The second kappa shape index (κ2) is 5.71. The first kappa shape index (κ1) is 14.0. The normalized spacial score (nSPS) is 10.1. The summed E-state index contributed by atoms with van der Waals surface area (Å²) in [6, 6.07) is 10.4. The summed E-state index contributed by atoms with van der Waals surface area (Å²) in [6.07, 6.45) is 0. The summed E-state index contributed by atoms with van der Waals surface area (Å²) >= 11 is 17.8. The molecule has 0 unspecified atom stereocenters. The average Bonchev–Trinajstić information content (AvgIpc) is 2.38. The highest BCUT2D eigenvalue weighted by Crippen LogP contribution is 2.38. The minimum absolute atomic E-state index is 0.335. The molecular weight excluding hydrogens is 305 g/mol. The molecule has 0 saturated carbocycles. The Morgan fingerprint density at radius 1 is 1.05 bits per heavy atom. The molecule has 2 aromatic carbocycles. The van der Waals surface area contributed by atoms with Crippen LogP contribution in [0.2, 0.25) is 15.1 Å². The summed E-state index contributed by atoms with van der Waals surface area (Å²) in [7, 11) is 0. The molecule has 0 spiro atoms. The van der Waals surface area contributed by atoms with Crippen LogP contribution in [0, 0.1) is 18.3 Å². The first-order valence-electron chi connectivity index (χ1n) is 5.35. The Hall–Kier alpha value is -1.40. The van der Waals surface area contributed by atoms with Crippen LogP contribution in [-0.2, 0) is 0 Å². The minimum Gasteiger partial charge on any atom is -0.454 e. The van der Waals surface area contributed by atoms with Crippen LogP contribution >= 0.6 is 34.8 Å². The number of hydrogen-bond acceptors (Lipinski definition) is 2. The molecule has 0 aliphatic carbocycles. The third-order valence-corrected chi connectivity index (χ3v) is 3.54. The van der Waals surface area contributed by atoms with Gasteiger partial charge in [-0.15, -0.1) is 0 Å². The van der Waals surface area contributed by atoms with Crippen molar-refractivity contribution in [3.05, 3.63) is 56.5 Å². The number of ether oxygens (including phenoxy) is 1. The zero-order valence-electron chi connectivity index (χ0n) is 9.88. The summed E-state index contributed by atoms with van der Waals surface area (Å²) in [6.45, 7) is 1.85. The van der Waals surface area contributed by atoms with Crippen molar-refractivity contribution in [3.63, 3.8) is 0 Å². The number of hydrogen-bond donors (Lipinski definition) is 0. The van der Waals surface area contributed by atoms with Crippen LogP contribution in [0.4, 0.5) is 0 Å². The van der Waals surface area contributed by atoms with Crippen molar-refractivity contribution < 1.29 is 4.74 Å². The Morgan fingerprint density at radius 3 is 2.42 bits per heavy atom. The van der Waals surface area contributed by atoms with Crippen molar-refractivity contribution in [1.29, 1.82) is 5.26 Å². The van der Waals surface area contributed by atoms with Gasteiger partial charge in [0.2, 0.25) is 0 Å². The highest BCUT2D eigenvalue weighted by Gasteiger charge is 2.12. The van der Waals surface area contributed by atoms with Crippen LogP contribution in [0.5, 0.6) is 11.5 Å². The van der Waals surface area contributed by atoms with E-state index in [0.29, 0.717) is 32.1 Å². The third kappa shape index (κ3) is 2.96. The molecule has 0 saturated heterocycles. The van der Waals surface area contributed by atoms with Crippen molar-refractivity contribution in [2.45, 2.75) is 6.92 Å². The minimum atomic E-state index is 0.335. The predicted molar refractivity (Wildman–Crippen MR) is 77.4 cm³/mol. The number of nitriles is 1. The first-order chi connectivity index (χ1) is 9.02. The SMILES string of the molecule is Cc1cccc(C#N)c1Oc1cc(Cl)c(Cl)cc1Cl. The first-order valence-corrected chi connectivity index (χ1v) is 6.48. The van der Waals surface area contributed by atoms with E-state index in [1.54, 1.807) is 12.1 Å². The van der Waals surface area contributed by atoms with Gasteiger partial charge in [0.1, 0.15) is 17.6 Å². The summed E-state index contributed by atoms with van der Waals surface area (Å²) in [5.41, 5.74) is 1.27. The molecule has 0 aliphatic heterocycles. The Kier molecular flexibility index (Phi) is 4.21. The highest BCUT2D eigenvalue weighted by atomic mass is 35.5. The van der Waals surface area contributed by atoms with Crippen molar-refractivity contribution in [1.82, 2.24) is 0 Å². The number of rotatable bonds is 2. The maximum Gasteiger partial charge on any atom is 0.148 e. The van der Waals surface area contributed by atoms with E-state index >= 15 is 0 Å². The van der Waals surface area contributed by atoms with Gasteiger partial charge in [-0.2, -0.15) is 5.26 Å². The fourth-order valence-electron chi connectivity index (χ4n) is 1.57. The fourth-order valence-corrected chi connectivity index (χ4v) is 2.14. The lowest BCUT2D eigenvalue weighted by molar-refractivity contribution is 0.477. The van der Waals surface area contributed by atoms with Crippen LogP contribution in [0.15, 0.2) is 30.3 Å². The third-order valence-electron chi connectivity index (χ3n) is 2.52. The molecule has 0 radical (unpaired) electrons. The van der Waals surface area contributed by atoms with Crippen molar-refractivity contribution in [3.8, 4) is 17.6 Å². The van der Waals surface area contributed by atoms with Gasteiger partial charge in [0.05, 0.1) is 20.6 Å². The van der Waals surface area contributed by atoms with E-state index in [2.05, 4.69) is 6.07 Å². The topological polar surface area (TPSA) is 33.0 Å². The highest BCUT2D eigenvalue weighted by molar-refractivity contribution is 6.43. The predicted octanol–water partition coefficient (Wildman–Crippen LogP) is 5.62. The quantitative estimate of drug-likeness (QED) is 0.674. The van der Waals surface area contributed by atoms with Crippen LogP contribution in [-0.4, -0.2) is 0 Å². The maximum atomic E-state index is 9.08. The number of para-hydroxylation sites is 1. The summed E-state index contributed by atoms with van der Waals surface area (Å²) < 4.78 is 5.70. The Bertz CT molecular complexity index is 677. The zero-order valence-corrected chi connectivity index (χ0v) is 12.1. The van der Waals surface area contributed by atoms with E-state index < -0.39 is 0 Å². The molecule has 0 N–H and O–H groups in total. The Labute approximate surface area is 126 Å². The second-order valence-electron chi connectivity index (χ2n) is 3.86. The molecule has 0 fully saturated rings. The molecule has 0 atom stereocenters. The molecule has 0 amide bonds. The molecule has 0 aromatic heterocycles. The lowest BCUT2D eigenvalue weighted by Crippen LogP contribution is -1.92. The molecule has 0 bridgehead atoms. The summed E-state index contributed by atoms with van der Waals surface area (Å²) in [5, 5.41) is 10.1. The van der Waals surface area contributed by atoms with Gasteiger partial charge in [0, 0.05) is 6.07 Å². The van der Waals surface area contributed by atoms with E-state index in [4.69, 9.17) is 44.8 Å². The Morgan fingerprint density at radius 2 is 1.74 bits per heavy atom. The molecule has 0 heterocycles. The van der Waals surface area contributed by atoms with Crippen molar-refractivity contribution in [2.24, 2.45) is 0 Å². The monoisotopic (exact) mass is 311 g/mol. The van der Waals surface area contributed by atoms with Gasteiger partial charge in [0.15, 0.2) is 0 Å². The average molecular weight is 313 g/mol. The van der Waals surface area contributed by atoms with Crippen LogP contribution in [0.3, 0.4) is 0 Å². The molecule has 2 nitrogen and oxygen atoms in total. The summed E-state index contributed by atoms with van der Waals surface area (Å²) in [5.74, 6) is 0.826. The fraction of sp³-hybridized carbons (Fsp3) is 0.0714. The lowest BCUT2D eigenvalue weighted by atomic mass is 10.1. The van der Waals surface area contributed by atoms with Crippen LogP contribution < -0.4 is 4.74 Å². The van der Waals surface area contributed by atoms with E-state index in [1.165, 1.54) is 12.1 Å². The van der Waals surface area contributed by atoms with Crippen molar-refractivity contribution in [2.75, 3.05) is 0 Å². The second-order valence-corrected chi connectivity index (χ2v) is 5.08. The van der Waals surface area contributed by atoms with Gasteiger partial charge in [-0.05, 0) is 24.6 Å². The molecule has 19 heavy (non-hydrogen) atoms. The smallest absolute Gasteiger partial charge is 0.148 e. The number of nitrogens with zero attached hydrogens (tertiary/aromatic N) is 1. The van der Waals surface area contributed by atoms with Gasteiger partial charge < -0.3 is 4.74 Å². The lowest BCUT2D eigenvalue weighted by Gasteiger charge is -2.12. The molecule has 2 aromatic rings. The Balaban J connectivity index is 2.48. The molecule has 2 rings (SSSR count). The van der Waals surface area contributed by atoms with Gasteiger partial charge in [0.25, 0.3) is 0 Å². The van der Waals surface area contributed by atoms with Gasteiger partial charge in [-0.3, -0.25) is 0 Å². The van der Waals surface area contributed by atoms with Crippen LogP contribution in [0.1, 0.15) is 11.1 Å². The zero-order chi connectivity index (χ0) is 14.0. The number of halogens is 3. The maximum absolute atomic E-state index is 9.08. The summed E-state index contributed by atoms with van der Waals surface area (Å²) in [4.78, 5) is 0. The number of aryl methyl sites for hydroxylation is 1. The van der Waals surface area contributed by atoms with Gasteiger partial charge in [-0.25, -0.2) is 0 Å². The molecule has 5 heteroatoms. The van der Waals surface area contributed by atoms with E-state index in [0.717, 1.165) is 5.56 Å². The van der Waals surface area contributed by atoms with E-state index in [-0.39, 0.29) is 0 Å². The van der Waals surface area contributed by atoms with Gasteiger partial charge in [-0.1, -0.05) is 46.9 Å². The number of benzene rings is 2. The van der Waals surface area contributed by atoms with Crippen molar-refractivity contribution >= 4 is 34.8 Å². The van der Waals surface area contributed by atoms with Gasteiger partial charge >= 0.3 is 0 Å². The molecule has 0 aliphatic rings. The molecule has 96 valence electrons. The van der Waals surface area contributed by atoms with Crippen LogP contribution in [0.25, 0.3) is 0 Å².